The number of nitrogens with one attached hydrogen (secondary N) is 2. The van der Waals surface area contributed by atoms with Gasteiger partial charge in [-0.2, -0.15) is 0 Å². The molecule has 36 heavy (non-hydrogen) atoms. The second-order valence-corrected chi connectivity index (χ2v) is 9.09. The molecule has 0 radical (unpaired) electrons. The third-order valence-corrected chi connectivity index (χ3v) is 5.58. The molecule has 6 N–H and O–H groups in total. The van der Waals surface area contributed by atoms with Gasteiger partial charge in [-0.1, -0.05) is 74.5 Å². The van der Waals surface area contributed by atoms with Gasteiger partial charge in [-0.3, -0.25) is 14.8 Å². The van der Waals surface area contributed by atoms with Crippen LogP contribution in [0.3, 0.4) is 0 Å². The normalized spacial score (nSPS) is 13.3. The molecular formula is C26H34N4O6. The molecule has 2 aromatic rings. The van der Waals surface area contributed by atoms with Crippen molar-refractivity contribution in [3.8, 4) is 0 Å². The molecule has 10 nitrogen and oxygen atoms in total. The van der Waals surface area contributed by atoms with Crippen LogP contribution in [0.25, 0.3) is 0 Å². The van der Waals surface area contributed by atoms with Gasteiger partial charge in [-0.15, -0.1) is 0 Å². The highest BCUT2D eigenvalue weighted by molar-refractivity contribution is 5.91. The van der Waals surface area contributed by atoms with Gasteiger partial charge in [0.05, 0.1) is 12.5 Å². The zero-order chi connectivity index (χ0) is 26.7. The quantitative estimate of drug-likeness (QED) is 0.209. The summed E-state index contributed by atoms with van der Waals surface area (Å²) < 4.78 is 0. The van der Waals surface area contributed by atoms with Gasteiger partial charge in [0, 0.05) is 6.42 Å². The highest BCUT2D eigenvalue weighted by Gasteiger charge is 2.30. The van der Waals surface area contributed by atoms with Gasteiger partial charge in [-0.25, -0.2) is 14.7 Å². The first-order valence-corrected chi connectivity index (χ1v) is 11.7. The highest BCUT2D eigenvalue weighted by Crippen LogP contribution is 2.13. The smallest absolute Gasteiger partial charge is 0.338 e. The average Bonchev–Trinajstić information content (AvgIpc) is 2.83. The first-order valence-electron chi connectivity index (χ1n) is 11.7. The minimum Gasteiger partial charge on any atom is -0.480 e. The Balaban J connectivity index is 2.19. The molecule has 3 atom stereocenters. The molecule has 194 valence electrons. The maximum atomic E-state index is 13.2. The van der Waals surface area contributed by atoms with Crippen LogP contribution in [0.1, 0.15) is 31.4 Å². The summed E-state index contributed by atoms with van der Waals surface area (Å²) in [5.74, 6) is -3.30. The van der Waals surface area contributed by atoms with Gasteiger partial charge in [0.15, 0.2) is 0 Å². The van der Waals surface area contributed by atoms with Crippen molar-refractivity contribution in [1.82, 2.24) is 15.7 Å². The second-order valence-electron chi connectivity index (χ2n) is 9.09. The number of nitrogens with two attached hydrogens (primary N) is 1. The maximum Gasteiger partial charge on any atom is 0.338 e. The maximum absolute atomic E-state index is 13.2. The lowest BCUT2D eigenvalue weighted by Gasteiger charge is -2.26. The fourth-order valence-electron chi connectivity index (χ4n) is 3.75. The number of benzene rings is 2. The third-order valence-electron chi connectivity index (χ3n) is 5.58. The average molecular weight is 499 g/mol. The first-order chi connectivity index (χ1) is 17.1. The van der Waals surface area contributed by atoms with Crippen molar-refractivity contribution >= 4 is 23.8 Å². The predicted molar refractivity (Wildman–Crippen MR) is 133 cm³/mol. The number of hydrogen-bond acceptors (Lipinski definition) is 5. The van der Waals surface area contributed by atoms with Crippen LogP contribution in [0.15, 0.2) is 60.7 Å². The van der Waals surface area contributed by atoms with E-state index in [0.717, 1.165) is 11.1 Å². The Kier molecular flexibility index (Phi) is 10.9. The lowest BCUT2D eigenvalue weighted by atomic mass is 9.96. The predicted octanol–water partition coefficient (Wildman–Crippen LogP) is 1.96. The number of primary amides is 1. The van der Waals surface area contributed by atoms with Crippen LogP contribution in [0.5, 0.6) is 0 Å². The van der Waals surface area contributed by atoms with E-state index >= 15 is 0 Å². The monoisotopic (exact) mass is 498 g/mol. The topological polar surface area (TPSA) is 162 Å². The van der Waals surface area contributed by atoms with Crippen LogP contribution in [0, 0.1) is 11.8 Å². The van der Waals surface area contributed by atoms with Crippen LogP contribution in [0.2, 0.25) is 0 Å². The number of carboxylic acids is 1. The standard InChI is InChI=1S/C26H34N4O6/c1-17(2)13-21(24(32)29-22(25(33)34)15-19-11-7-4-8-12-19)28-23(31)20(16-30(36)26(27)35)14-18-9-5-3-6-10-18/h3-12,17,20-22,36H,13-16H2,1-2H3,(H2,27,35)(H,28,31)(H,29,32)(H,33,34)/t20-,21+,22+/m1/s1. The minimum atomic E-state index is -1.19. The summed E-state index contributed by atoms with van der Waals surface area (Å²) in [6.45, 7) is 3.36. The van der Waals surface area contributed by atoms with Crippen molar-refractivity contribution in [2.45, 2.75) is 45.2 Å². The Morgan fingerprint density at radius 2 is 1.33 bits per heavy atom. The summed E-state index contributed by atoms with van der Waals surface area (Å²) >= 11 is 0. The van der Waals surface area contributed by atoms with E-state index in [1.807, 2.05) is 26.0 Å². The Hall–Kier alpha value is -3.92. The van der Waals surface area contributed by atoms with Gasteiger partial charge in [0.1, 0.15) is 12.1 Å². The minimum absolute atomic E-state index is 0.00554. The molecule has 0 bridgehead atoms. The van der Waals surface area contributed by atoms with Crippen molar-refractivity contribution in [2.24, 2.45) is 17.6 Å². The molecule has 0 unspecified atom stereocenters. The number of carboxylic acid groups (broad SMARTS) is 1. The van der Waals surface area contributed by atoms with Crippen LogP contribution in [-0.2, 0) is 27.2 Å². The Morgan fingerprint density at radius 1 is 0.833 bits per heavy atom. The van der Waals surface area contributed by atoms with Crippen molar-refractivity contribution in [3.63, 3.8) is 0 Å². The summed E-state index contributed by atoms with van der Waals surface area (Å²) in [6, 6.07) is 14.6. The first kappa shape index (κ1) is 28.3. The summed E-state index contributed by atoms with van der Waals surface area (Å²) in [6.07, 6.45) is 0.518. The molecule has 0 saturated carbocycles. The molecule has 0 spiro atoms. The molecular weight excluding hydrogens is 464 g/mol. The van der Waals surface area contributed by atoms with E-state index in [0.29, 0.717) is 0 Å². The van der Waals surface area contributed by atoms with Gasteiger partial charge in [0.25, 0.3) is 0 Å². The van der Waals surface area contributed by atoms with Crippen LogP contribution in [0.4, 0.5) is 4.79 Å². The van der Waals surface area contributed by atoms with Crippen LogP contribution >= 0.6 is 0 Å². The molecule has 2 rings (SSSR count). The Bertz CT molecular complexity index is 1020. The van der Waals surface area contributed by atoms with E-state index in [2.05, 4.69) is 10.6 Å². The number of rotatable bonds is 13. The largest absolute Gasteiger partial charge is 0.480 e. The number of amides is 4. The highest BCUT2D eigenvalue weighted by atomic mass is 16.5. The van der Waals surface area contributed by atoms with Crippen molar-refractivity contribution in [2.75, 3.05) is 6.54 Å². The number of carbonyl (C=O) groups excluding carboxylic acids is 3. The van der Waals surface area contributed by atoms with Gasteiger partial charge < -0.3 is 21.5 Å². The zero-order valence-corrected chi connectivity index (χ0v) is 20.5. The molecule has 0 aliphatic rings. The molecule has 0 fully saturated rings. The molecule has 4 amide bonds. The van der Waals surface area contributed by atoms with E-state index in [9.17, 15) is 29.5 Å². The van der Waals surface area contributed by atoms with Crippen molar-refractivity contribution in [1.29, 1.82) is 0 Å². The number of aliphatic carboxylic acids is 1. The summed E-state index contributed by atoms with van der Waals surface area (Å²) in [5, 5.41) is 25.0. The molecule has 0 aromatic heterocycles. The van der Waals surface area contributed by atoms with E-state index < -0.39 is 41.8 Å². The third kappa shape index (κ3) is 9.38. The molecule has 0 heterocycles. The summed E-state index contributed by atoms with van der Waals surface area (Å²) in [4.78, 5) is 49.5. The Labute approximate surface area is 210 Å². The fraction of sp³-hybridized carbons (Fsp3) is 0.385. The van der Waals surface area contributed by atoms with E-state index in [-0.39, 0.29) is 36.8 Å². The molecule has 0 aliphatic carbocycles. The van der Waals surface area contributed by atoms with Gasteiger partial charge >= 0.3 is 12.0 Å². The number of hydroxylamine groups is 2. The second kappa shape index (κ2) is 13.8. The SMILES string of the molecule is CC(C)C[C@H](NC(=O)[C@H](Cc1ccccc1)CN(O)C(N)=O)C(=O)N[C@@H](Cc1ccccc1)C(=O)O. The fourth-order valence-corrected chi connectivity index (χ4v) is 3.75. The van der Waals surface area contributed by atoms with Crippen LogP contribution in [-0.4, -0.2) is 57.8 Å². The van der Waals surface area contributed by atoms with Gasteiger partial charge in [-0.05, 0) is 29.9 Å². The van der Waals surface area contributed by atoms with E-state index in [1.54, 1.807) is 48.5 Å². The number of urea groups is 1. The van der Waals surface area contributed by atoms with E-state index in [4.69, 9.17) is 5.73 Å². The van der Waals surface area contributed by atoms with Crippen molar-refractivity contribution in [3.05, 3.63) is 71.8 Å². The molecule has 0 saturated heterocycles. The van der Waals surface area contributed by atoms with Gasteiger partial charge in [0.2, 0.25) is 11.8 Å². The lowest BCUT2D eigenvalue weighted by molar-refractivity contribution is -0.142. The number of nitrogens with zero attached hydrogens (tertiary/aromatic N) is 1. The van der Waals surface area contributed by atoms with Crippen molar-refractivity contribution < 1.29 is 29.5 Å². The zero-order valence-electron chi connectivity index (χ0n) is 20.5. The molecule has 10 heteroatoms. The number of carbonyl (C=O) groups is 4. The number of hydrogen-bond donors (Lipinski definition) is 5. The summed E-state index contributed by atoms with van der Waals surface area (Å²) in [7, 11) is 0. The Morgan fingerprint density at radius 3 is 1.81 bits per heavy atom. The molecule has 0 aliphatic heterocycles. The summed E-state index contributed by atoms with van der Waals surface area (Å²) in [5.41, 5.74) is 6.65. The lowest BCUT2D eigenvalue weighted by Crippen LogP contribution is -2.54. The van der Waals surface area contributed by atoms with Crippen LogP contribution < -0.4 is 16.4 Å². The van der Waals surface area contributed by atoms with E-state index in [1.165, 1.54) is 0 Å². The molecule has 2 aromatic carbocycles.